The van der Waals surface area contributed by atoms with Crippen molar-refractivity contribution in [3.63, 3.8) is 0 Å². The van der Waals surface area contributed by atoms with Crippen molar-refractivity contribution in [2.24, 2.45) is 0 Å². The van der Waals surface area contributed by atoms with Crippen LogP contribution in [0.25, 0.3) is 0 Å². The van der Waals surface area contributed by atoms with E-state index in [2.05, 4.69) is 6.92 Å². The van der Waals surface area contributed by atoms with E-state index in [9.17, 15) is 4.39 Å². The molecule has 14 heavy (non-hydrogen) atoms. The maximum atomic E-state index is 11.2. The lowest BCUT2D eigenvalue weighted by molar-refractivity contribution is -0.0470. The topological polar surface area (TPSA) is 18.5 Å². The molecule has 0 radical (unpaired) electrons. The van der Waals surface area contributed by atoms with Gasteiger partial charge in [-0.2, -0.15) is 0 Å². The fraction of sp³-hybridized carbons (Fsp3) is 1.00. The Hall–Kier alpha value is -0.150. The molecule has 3 heteroatoms. The van der Waals surface area contributed by atoms with Gasteiger partial charge >= 0.3 is 0 Å². The molecule has 1 aliphatic rings. The average molecular weight is 206 g/mol. The minimum Gasteiger partial charge on any atom is -0.347 e. The first-order valence-electron chi connectivity index (χ1n) is 5.48. The lowest BCUT2D eigenvalue weighted by Gasteiger charge is -2.02. The summed E-state index contributed by atoms with van der Waals surface area (Å²) in [6, 6.07) is 0. The summed E-state index contributed by atoms with van der Waals surface area (Å²) in [6.07, 6.45) is 3.44. The Morgan fingerprint density at radius 2 is 1.50 bits per heavy atom. The molecular formula is C11H23FO2. The van der Waals surface area contributed by atoms with E-state index in [0.717, 1.165) is 19.3 Å². The molecule has 0 amide bonds. The zero-order valence-electron chi connectivity index (χ0n) is 9.75. The fourth-order valence-electron chi connectivity index (χ4n) is 1.20. The summed E-state index contributed by atoms with van der Waals surface area (Å²) < 4.78 is 21.7. The Kier molecular flexibility index (Phi) is 8.09. The van der Waals surface area contributed by atoms with Gasteiger partial charge in [0.1, 0.15) is 0 Å². The molecule has 1 saturated heterocycles. The van der Waals surface area contributed by atoms with Gasteiger partial charge in [0.2, 0.25) is 0 Å². The lowest BCUT2D eigenvalue weighted by Crippen LogP contribution is -2.13. The third-order valence-electron chi connectivity index (χ3n) is 2.21. The molecule has 2 atom stereocenters. The van der Waals surface area contributed by atoms with E-state index in [1.54, 1.807) is 0 Å². The molecule has 1 aliphatic heterocycles. The van der Waals surface area contributed by atoms with E-state index < -0.39 is 0 Å². The molecule has 0 saturated carbocycles. The minimum absolute atomic E-state index is 0.000000000000000222. The van der Waals surface area contributed by atoms with Crippen LogP contribution in [0.5, 0.6) is 0 Å². The monoisotopic (exact) mass is 206 g/mol. The standard InChI is InChI=1S/C6H12O2.C5H11F/c1-4-5(2)8-6(3)7-4;1-2-3-4-5-6/h4-6H,1-3H3;2-5H2,1H3. The molecule has 0 aromatic rings. The van der Waals surface area contributed by atoms with Gasteiger partial charge in [-0.1, -0.05) is 19.8 Å². The Morgan fingerprint density at radius 3 is 1.64 bits per heavy atom. The van der Waals surface area contributed by atoms with Gasteiger partial charge in [0.25, 0.3) is 0 Å². The average Bonchev–Trinajstić information content (AvgIpc) is 2.42. The maximum Gasteiger partial charge on any atom is 0.155 e. The van der Waals surface area contributed by atoms with Crippen LogP contribution < -0.4 is 0 Å². The molecule has 0 spiro atoms. The molecule has 2 nitrogen and oxygen atoms in total. The molecular weight excluding hydrogens is 183 g/mol. The second kappa shape index (κ2) is 8.18. The third kappa shape index (κ3) is 6.33. The highest BCUT2D eigenvalue weighted by molar-refractivity contribution is 4.66. The molecule has 0 N–H and O–H groups in total. The Balaban J connectivity index is 0.000000255. The number of rotatable bonds is 3. The van der Waals surface area contributed by atoms with Crippen LogP contribution in [0.4, 0.5) is 4.39 Å². The summed E-state index contributed by atoms with van der Waals surface area (Å²) in [5.74, 6) is 0. The Bertz CT molecular complexity index is 116. The smallest absolute Gasteiger partial charge is 0.155 e. The van der Waals surface area contributed by atoms with Crippen LogP contribution in [0.15, 0.2) is 0 Å². The highest BCUT2D eigenvalue weighted by atomic mass is 19.1. The second-order valence-electron chi connectivity index (χ2n) is 3.65. The zero-order valence-corrected chi connectivity index (χ0v) is 9.75. The summed E-state index contributed by atoms with van der Waals surface area (Å²) in [7, 11) is 0. The maximum absolute atomic E-state index is 11.2. The first-order valence-corrected chi connectivity index (χ1v) is 5.48. The van der Waals surface area contributed by atoms with Gasteiger partial charge < -0.3 is 9.47 Å². The first kappa shape index (κ1) is 13.8. The predicted octanol–water partition coefficient (Wildman–Crippen LogP) is 3.30. The zero-order chi connectivity index (χ0) is 11.0. The lowest BCUT2D eigenvalue weighted by atomic mass is 10.3. The molecule has 2 unspecified atom stereocenters. The molecule has 0 aliphatic carbocycles. The summed E-state index contributed by atoms with van der Waals surface area (Å²) in [5, 5.41) is 0. The van der Waals surface area contributed by atoms with Crippen LogP contribution in [0.2, 0.25) is 0 Å². The van der Waals surface area contributed by atoms with E-state index in [1.807, 2.05) is 20.8 Å². The van der Waals surface area contributed by atoms with Gasteiger partial charge in [-0.05, 0) is 27.2 Å². The van der Waals surface area contributed by atoms with Crippen LogP contribution in [-0.2, 0) is 9.47 Å². The third-order valence-corrected chi connectivity index (χ3v) is 2.21. The van der Waals surface area contributed by atoms with Crippen molar-refractivity contribution in [3.8, 4) is 0 Å². The number of hydrogen-bond acceptors (Lipinski definition) is 2. The van der Waals surface area contributed by atoms with Crippen molar-refractivity contribution in [2.75, 3.05) is 6.67 Å². The number of ether oxygens (including phenoxy) is 2. The SMILES string of the molecule is CC1OC(C)C(C)O1.CCCCCF. The highest BCUT2D eigenvalue weighted by Crippen LogP contribution is 2.16. The number of hydrogen-bond donors (Lipinski definition) is 0. The van der Waals surface area contributed by atoms with Gasteiger partial charge in [0.15, 0.2) is 6.29 Å². The van der Waals surface area contributed by atoms with Crippen molar-refractivity contribution in [3.05, 3.63) is 0 Å². The number of unbranched alkanes of at least 4 members (excludes halogenated alkanes) is 2. The van der Waals surface area contributed by atoms with E-state index in [1.165, 1.54) is 0 Å². The Labute approximate surface area is 86.8 Å². The van der Waals surface area contributed by atoms with Gasteiger partial charge in [-0.25, -0.2) is 0 Å². The van der Waals surface area contributed by atoms with Crippen LogP contribution in [0.3, 0.4) is 0 Å². The number of alkyl halides is 1. The van der Waals surface area contributed by atoms with E-state index >= 15 is 0 Å². The second-order valence-corrected chi connectivity index (χ2v) is 3.65. The summed E-state index contributed by atoms with van der Waals surface area (Å²) >= 11 is 0. The quantitative estimate of drug-likeness (QED) is 0.660. The van der Waals surface area contributed by atoms with Gasteiger partial charge in [0.05, 0.1) is 18.9 Å². The molecule has 1 rings (SSSR count). The van der Waals surface area contributed by atoms with Gasteiger partial charge in [-0.15, -0.1) is 0 Å². The summed E-state index contributed by atoms with van der Waals surface area (Å²) in [6.45, 7) is 7.88. The molecule has 86 valence electrons. The summed E-state index contributed by atoms with van der Waals surface area (Å²) in [4.78, 5) is 0. The first-order chi connectivity index (χ1) is 6.61. The van der Waals surface area contributed by atoms with Gasteiger partial charge in [0, 0.05) is 0 Å². The molecule has 1 fully saturated rings. The molecule has 0 bridgehead atoms. The predicted molar refractivity (Wildman–Crippen MR) is 56.1 cm³/mol. The van der Waals surface area contributed by atoms with Crippen LogP contribution in [-0.4, -0.2) is 25.2 Å². The van der Waals surface area contributed by atoms with Crippen LogP contribution >= 0.6 is 0 Å². The van der Waals surface area contributed by atoms with Crippen molar-refractivity contribution in [2.45, 2.75) is 65.5 Å². The fourth-order valence-corrected chi connectivity index (χ4v) is 1.20. The van der Waals surface area contributed by atoms with Crippen molar-refractivity contribution in [1.29, 1.82) is 0 Å². The molecule has 1 heterocycles. The number of halogens is 1. The van der Waals surface area contributed by atoms with E-state index in [0.29, 0.717) is 0 Å². The van der Waals surface area contributed by atoms with Crippen molar-refractivity contribution in [1.82, 2.24) is 0 Å². The van der Waals surface area contributed by atoms with E-state index in [-0.39, 0.29) is 25.2 Å². The molecule has 0 aromatic heterocycles. The van der Waals surface area contributed by atoms with E-state index in [4.69, 9.17) is 9.47 Å². The molecule has 0 aromatic carbocycles. The normalized spacial score (nSPS) is 31.1. The minimum atomic E-state index is -0.145. The largest absolute Gasteiger partial charge is 0.347 e. The van der Waals surface area contributed by atoms with Gasteiger partial charge in [-0.3, -0.25) is 4.39 Å². The Morgan fingerprint density at radius 1 is 1.00 bits per heavy atom. The van der Waals surface area contributed by atoms with Crippen molar-refractivity contribution >= 4 is 0 Å². The summed E-state index contributed by atoms with van der Waals surface area (Å²) in [5.41, 5.74) is 0. The van der Waals surface area contributed by atoms with Crippen molar-refractivity contribution < 1.29 is 13.9 Å². The van der Waals surface area contributed by atoms with Crippen LogP contribution in [0.1, 0.15) is 47.0 Å². The van der Waals surface area contributed by atoms with Crippen LogP contribution in [0, 0.1) is 0 Å². The highest BCUT2D eigenvalue weighted by Gasteiger charge is 2.25.